The fourth-order valence-electron chi connectivity index (χ4n) is 2.84. The van der Waals surface area contributed by atoms with Crippen LogP contribution in [0.2, 0.25) is 0 Å². The highest BCUT2D eigenvalue weighted by Crippen LogP contribution is 2.20. The Balaban J connectivity index is 1.96. The minimum atomic E-state index is -0.142. The molecule has 3 N–H and O–H groups in total. The Morgan fingerprint density at radius 3 is 2.47 bits per heavy atom. The molecule has 0 spiro atoms. The van der Waals surface area contributed by atoms with Crippen molar-refractivity contribution in [3.63, 3.8) is 0 Å². The molecule has 2 aromatic carbocycles. The SMILES string of the molecule is CCN(C(=O)CCNC(=O)CCOCCN)c1ccccc1C#Cc1ccccc1. The van der Waals surface area contributed by atoms with Crippen molar-refractivity contribution in [3.8, 4) is 11.8 Å². The normalized spacial score (nSPS) is 10.1. The Labute approximate surface area is 178 Å². The highest BCUT2D eigenvalue weighted by atomic mass is 16.5. The van der Waals surface area contributed by atoms with Gasteiger partial charge < -0.3 is 20.7 Å². The van der Waals surface area contributed by atoms with Crippen LogP contribution < -0.4 is 16.0 Å². The third kappa shape index (κ3) is 7.70. The number of para-hydroxylation sites is 1. The molecule has 2 amide bonds. The van der Waals surface area contributed by atoms with Gasteiger partial charge in [-0.25, -0.2) is 0 Å². The first kappa shape index (κ1) is 23.1. The van der Waals surface area contributed by atoms with Gasteiger partial charge in [0.25, 0.3) is 0 Å². The Bertz CT molecular complexity index is 872. The number of amides is 2. The zero-order valence-electron chi connectivity index (χ0n) is 17.4. The van der Waals surface area contributed by atoms with Gasteiger partial charge in [0.05, 0.1) is 18.9 Å². The first-order valence-corrected chi connectivity index (χ1v) is 10.2. The van der Waals surface area contributed by atoms with Gasteiger partial charge in [0.2, 0.25) is 11.8 Å². The number of hydrogen-bond donors (Lipinski definition) is 2. The molecule has 0 aromatic heterocycles. The third-order valence-corrected chi connectivity index (χ3v) is 4.32. The molecule has 0 aliphatic rings. The van der Waals surface area contributed by atoms with Crippen molar-refractivity contribution >= 4 is 17.5 Å². The topological polar surface area (TPSA) is 84.7 Å². The van der Waals surface area contributed by atoms with Crippen molar-refractivity contribution in [2.24, 2.45) is 5.73 Å². The second-order valence-corrected chi connectivity index (χ2v) is 6.52. The summed E-state index contributed by atoms with van der Waals surface area (Å²) >= 11 is 0. The first-order chi connectivity index (χ1) is 14.7. The molecule has 158 valence electrons. The van der Waals surface area contributed by atoms with E-state index in [2.05, 4.69) is 17.2 Å². The van der Waals surface area contributed by atoms with Gasteiger partial charge in [-0.15, -0.1) is 0 Å². The predicted molar refractivity (Wildman–Crippen MR) is 119 cm³/mol. The number of nitrogens with two attached hydrogens (primary N) is 1. The summed E-state index contributed by atoms with van der Waals surface area (Å²) in [5.41, 5.74) is 7.81. The van der Waals surface area contributed by atoms with Crippen LogP contribution in [0, 0.1) is 11.8 Å². The second kappa shape index (κ2) is 13.2. The van der Waals surface area contributed by atoms with Crippen molar-refractivity contribution in [3.05, 3.63) is 65.7 Å². The van der Waals surface area contributed by atoms with Crippen LogP contribution in [0.3, 0.4) is 0 Å². The lowest BCUT2D eigenvalue weighted by Crippen LogP contribution is -2.35. The molecule has 0 atom stereocenters. The molecule has 0 heterocycles. The van der Waals surface area contributed by atoms with Gasteiger partial charge in [-0.1, -0.05) is 42.2 Å². The summed E-state index contributed by atoms with van der Waals surface area (Å²) < 4.78 is 5.19. The summed E-state index contributed by atoms with van der Waals surface area (Å²) in [4.78, 5) is 26.3. The van der Waals surface area contributed by atoms with E-state index in [0.717, 1.165) is 16.8 Å². The molecule has 0 radical (unpaired) electrons. The fourth-order valence-corrected chi connectivity index (χ4v) is 2.84. The number of nitrogens with zero attached hydrogens (tertiary/aromatic N) is 1. The van der Waals surface area contributed by atoms with E-state index in [-0.39, 0.29) is 31.2 Å². The van der Waals surface area contributed by atoms with Crippen LogP contribution in [0.5, 0.6) is 0 Å². The highest BCUT2D eigenvalue weighted by molar-refractivity contribution is 5.95. The number of rotatable bonds is 10. The number of anilines is 1. The predicted octanol–water partition coefficient (Wildman–Crippen LogP) is 2.31. The first-order valence-electron chi connectivity index (χ1n) is 10.2. The minimum absolute atomic E-state index is 0.0638. The van der Waals surface area contributed by atoms with Crippen LogP contribution in [0.4, 0.5) is 5.69 Å². The molecule has 30 heavy (non-hydrogen) atoms. The molecular weight excluding hydrogens is 378 g/mol. The molecule has 0 aliphatic heterocycles. The van der Waals surface area contributed by atoms with Gasteiger partial charge >= 0.3 is 0 Å². The largest absolute Gasteiger partial charge is 0.380 e. The Hall–Kier alpha value is -3.14. The maximum atomic E-state index is 12.8. The number of benzene rings is 2. The summed E-state index contributed by atoms with van der Waals surface area (Å²) in [5, 5.41) is 2.76. The number of ether oxygens (including phenoxy) is 1. The van der Waals surface area contributed by atoms with Crippen LogP contribution >= 0.6 is 0 Å². The third-order valence-electron chi connectivity index (χ3n) is 4.32. The maximum absolute atomic E-state index is 12.8. The average Bonchev–Trinajstić information content (AvgIpc) is 2.77. The monoisotopic (exact) mass is 407 g/mol. The highest BCUT2D eigenvalue weighted by Gasteiger charge is 2.16. The molecule has 2 rings (SSSR count). The van der Waals surface area contributed by atoms with Gasteiger partial charge in [-0.3, -0.25) is 9.59 Å². The van der Waals surface area contributed by atoms with Gasteiger partial charge in [-0.05, 0) is 31.2 Å². The lowest BCUT2D eigenvalue weighted by atomic mass is 10.1. The summed E-state index contributed by atoms with van der Waals surface area (Å²) in [6.45, 7) is 3.91. The van der Waals surface area contributed by atoms with Crippen molar-refractivity contribution < 1.29 is 14.3 Å². The Kier molecular flexibility index (Phi) is 10.1. The molecule has 0 saturated carbocycles. The van der Waals surface area contributed by atoms with Crippen molar-refractivity contribution in [2.75, 3.05) is 37.7 Å². The zero-order chi connectivity index (χ0) is 21.6. The smallest absolute Gasteiger partial charge is 0.228 e. The zero-order valence-corrected chi connectivity index (χ0v) is 17.4. The van der Waals surface area contributed by atoms with E-state index >= 15 is 0 Å². The molecule has 0 aliphatic carbocycles. The van der Waals surface area contributed by atoms with Gasteiger partial charge in [-0.2, -0.15) is 0 Å². The van der Waals surface area contributed by atoms with E-state index in [1.807, 2.05) is 61.5 Å². The summed E-state index contributed by atoms with van der Waals surface area (Å²) in [7, 11) is 0. The fraction of sp³-hybridized carbons (Fsp3) is 0.333. The van der Waals surface area contributed by atoms with E-state index in [4.69, 9.17) is 10.5 Å². The van der Waals surface area contributed by atoms with Crippen LogP contribution in [-0.4, -0.2) is 44.7 Å². The summed E-state index contributed by atoms with van der Waals surface area (Å²) in [6.07, 6.45) is 0.466. The van der Waals surface area contributed by atoms with Crippen molar-refractivity contribution in [2.45, 2.75) is 19.8 Å². The Morgan fingerprint density at radius 2 is 1.73 bits per heavy atom. The van der Waals surface area contributed by atoms with Crippen LogP contribution in [0.25, 0.3) is 0 Å². The van der Waals surface area contributed by atoms with Gasteiger partial charge in [0.15, 0.2) is 0 Å². The van der Waals surface area contributed by atoms with Gasteiger partial charge in [0, 0.05) is 43.6 Å². The second-order valence-electron chi connectivity index (χ2n) is 6.52. The van der Waals surface area contributed by atoms with Crippen LogP contribution in [0.15, 0.2) is 54.6 Å². The molecule has 0 bridgehead atoms. The number of hydrogen-bond acceptors (Lipinski definition) is 4. The number of nitrogens with one attached hydrogen (secondary N) is 1. The molecular formula is C24H29N3O3. The maximum Gasteiger partial charge on any atom is 0.228 e. The quantitative estimate of drug-likeness (QED) is 0.468. The molecule has 6 nitrogen and oxygen atoms in total. The van der Waals surface area contributed by atoms with Crippen LogP contribution in [0.1, 0.15) is 30.9 Å². The lowest BCUT2D eigenvalue weighted by Gasteiger charge is -2.22. The molecule has 0 fully saturated rings. The van der Waals surface area contributed by atoms with E-state index in [9.17, 15) is 9.59 Å². The molecule has 2 aromatic rings. The van der Waals surface area contributed by atoms with E-state index in [1.54, 1.807) is 4.90 Å². The summed E-state index contributed by atoms with van der Waals surface area (Å²) in [6, 6.07) is 17.3. The summed E-state index contributed by atoms with van der Waals surface area (Å²) in [5.74, 6) is 6.11. The van der Waals surface area contributed by atoms with Crippen LogP contribution in [-0.2, 0) is 14.3 Å². The van der Waals surface area contributed by atoms with E-state index < -0.39 is 0 Å². The lowest BCUT2D eigenvalue weighted by molar-refractivity contribution is -0.122. The number of carbonyl (C=O) groups excluding carboxylic acids is 2. The minimum Gasteiger partial charge on any atom is -0.380 e. The van der Waals surface area contributed by atoms with E-state index in [1.165, 1.54) is 0 Å². The Morgan fingerprint density at radius 1 is 1.00 bits per heavy atom. The molecule has 6 heteroatoms. The average molecular weight is 408 g/mol. The van der Waals surface area contributed by atoms with Gasteiger partial charge in [0.1, 0.15) is 0 Å². The number of carbonyl (C=O) groups is 2. The van der Waals surface area contributed by atoms with Crippen molar-refractivity contribution in [1.82, 2.24) is 5.32 Å². The van der Waals surface area contributed by atoms with E-state index in [0.29, 0.717) is 26.3 Å². The standard InChI is InChI=1S/C24H29N3O3/c1-2-27(24(29)14-17-26-23(28)15-18-30-19-16-25)22-11-7-6-10-21(22)13-12-20-8-4-3-5-9-20/h3-11H,2,14-19,25H2,1H3,(H,26,28). The molecule has 0 saturated heterocycles. The van der Waals surface area contributed by atoms with Crippen molar-refractivity contribution in [1.29, 1.82) is 0 Å². The molecule has 0 unspecified atom stereocenters.